The van der Waals surface area contributed by atoms with Crippen LogP contribution in [-0.2, 0) is 0 Å². The molecule has 0 bridgehead atoms. The lowest BCUT2D eigenvalue weighted by Gasteiger charge is -2.29. The zero-order valence-electron chi connectivity index (χ0n) is 16.4. The van der Waals surface area contributed by atoms with Gasteiger partial charge >= 0.3 is 6.61 Å². The molecule has 1 aromatic carbocycles. The third-order valence-corrected chi connectivity index (χ3v) is 5.89. The predicted molar refractivity (Wildman–Crippen MR) is 105 cm³/mol. The van der Waals surface area contributed by atoms with Crippen LogP contribution in [0, 0.1) is 5.92 Å². The van der Waals surface area contributed by atoms with E-state index in [2.05, 4.69) is 11.7 Å². The van der Waals surface area contributed by atoms with E-state index >= 15 is 0 Å². The van der Waals surface area contributed by atoms with Crippen molar-refractivity contribution in [1.82, 2.24) is 0 Å². The van der Waals surface area contributed by atoms with E-state index in [1.165, 1.54) is 89.0 Å². The topological polar surface area (TPSA) is 9.23 Å². The fourth-order valence-corrected chi connectivity index (χ4v) is 4.27. The quantitative estimate of drug-likeness (QED) is 0.340. The summed E-state index contributed by atoms with van der Waals surface area (Å²) in [6.45, 7) is -0.473. The van der Waals surface area contributed by atoms with Crippen molar-refractivity contribution in [1.29, 1.82) is 0 Å². The molecule has 0 radical (unpaired) electrons. The Kier molecular flexibility index (Phi) is 10.0. The molecule has 0 spiro atoms. The van der Waals surface area contributed by atoms with E-state index < -0.39 is 6.61 Å². The van der Waals surface area contributed by atoms with Gasteiger partial charge in [0.05, 0.1) is 0 Å². The Labute approximate surface area is 158 Å². The molecule has 0 N–H and O–H groups in total. The molecule has 0 atom stereocenters. The lowest BCUT2D eigenvalue weighted by atomic mass is 9.77. The second kappa shape index (κ2) is 12.3. The van der Waals surface area contributed by atoms with Gasteiger partial charge in [-0.05, 0) is 55.2 Å². The molecule has 1 fully saturated rings. The molecule has 0 heterocycles. The third kappa shape index (κ3) is 8.05. The summed E-state index contributed by atoms with van der Waals surface area (Å²) < 4.78 is 28.9. The van der Waals surface area contributed by atoms with E-state index in [1.54, 1.807) is 12.1 Å². The van der Waals surface area contributed by atoms with Gasteiger partial charge in [0.1, 0.15) is 5.75 Å². The molecule has 1 saturated carbocycles. The van der Waals surface area contributed by atoms with E-state index in [1.807, 2.05) is 12.1 Å². The van der Waals surface area contributed by atoms with Crippen LogP contribution in [0.4, 0.5) is 8.78 Å². The normalized spacial score (nSPS) is 20.5. The second-order valence-electron chi connectivity index (χ2n) is 7.93. The number of benzene rings is 1. The van der Waals surface area contributed by atoms with Crippen molar-refractivity contribution in [3.05, 3.63) is 29.8 Å². The Morgan fingerprint density at radius 3 is 2.00 bits per heavy atom. The van der Waals surface area contributed by atoms with Gasteiger partial charge in [-0.3, -0.25) is 0 Å². The van der Waals surface area contributed by atoms with Crippen LogP contribution in [0.5, 0.6) is 5.75 Å². The predicted octanol–water partition coefficient (Wildman–Crippen LogP) is 8.09. The van der Waals surface area contributed by atoms with Gasteiger partial charge < -0.3 is 4.74 Å². The molecule has 0 aliphatic heterocycles. The van der Waals surface area contributed by atoms with Crippen molar-refractivity contribution < 1.29 is 13.5 Å². The van der Waals surface area contributed by atoms with Crippen LogP contribution < -0.4 is 4.74 Å². The van der Waals surface area contributed by atoms with E-state index in [0.717, 1.165) is 5.92 Å². The molecule has 0 saturated heterocycles. The van der Waals surface area contributed by atoms with Gasteiger partial charge in [-0.2, -0.15) is 8.78 Å². The van der Waals surface area contributed by atoms with Crippen LogP contribution >= 0.6 is 0 Å². The fraction of sp³-hybridized carbons (Fsp3) is 0.739. The summed E-state index contributed by atoms with van der Waals surface area (Å²) in [5.41, 5.74) is 1.28. The molecule has 26 heavy (non-hydrogen) atoms. The number of ether oxygens (including phenoxy) is 1. The first-order valence-electron chi connectivity index (χ1n) is 10.7. The summed E-state index contributed by atoms with van der Waals surface area (Å²) in [5.74, 6) is 1.74. The van der Waals surface area contributed by atoms with E-state index in [-0.39, 0.29) is 5.75 Å². The van der Waals surface area contributed by atoms with Gasteiger partial charge in [0.2, 0.25) is 0 Å². The Morgan fingerprint density at radius 1 is 0.846 bits per heavy atom. The number of halogens is 2. The average Bonchev–Trinajstić information content (AvgIpc) is 2.65. The molecule has 0 amide bonds. The smallest absolute Gasteiger partial charge is 0.387 e. The van der Waals surface area contributed by atoms with Crippen molar-refractivity contribution in [3.63, 3.8) is 0 Å². The minimum absolute atomic E-state index is 0.257. The Hall–Kier alpha value is -1.12. The summed E-state index contributed by atoms with van der Waals surface area (Å²) in [6.07, 6.45) is 17.7. The number of hydrogen-bond acceptors (Lipinski definition) is 1. The lowest BCUT2D eigenvalue weighted by Crippen LogP contribution is -2.13. The summed E-state index contributed by atoms with van der Waals surface area (Å²) in [7, 11) is 0. The third-order valence-electron chi connectivity index (χ3n) is 5.89. The molecular formula is C23H36F2O. The van der Waals surface area contributed by atoms with Crippen molar-refractivity contribution in [3.8, 4) is 5.75 Å². The Bertz CT molecular complexity index is 464. The first-order chi connectivity index (χ1) is 12.7. The fourth-order valence-electron chi connectivity index (χ4n) is 4.27. The van der Waals surface area contributed by atoms with Gasteiger partial charge in [-0.15, -0.1) is 0 Å². The van der Waals surface area contributed by atoms with Gasteiger partial charge in [0, 0.05) is 0 Å². The zero-order valence-corrected chi connectivity index (χ0v) is 16.4. The number of rotatable bonds is 12. The molecule has 1 aliphatic rings. The Morgan fingerprint density at radius 2 is 1.42 bits per heavy atom. The maximum atomic E-state index is 12.2. The van der Waals surface area contributed by atoms with Crippen LogP contribution in [0.25, 0.3) is 0 Å². The first kappa shape index (κ1) is 21.2. The minimum atomic E-state index is -2.74. The highest BCUT2D eigenvalue weighted by Gasteiger charge is 2.22. The van der Waals surface area contributed by atoms with Gasteiger partial charge in [-0.25, -0.2) is 0 Å². The van der Waals surface area contributed by atoms with E-state index in [9.17, 15) is 8.78 Å². The maximum absolute atomic E-state index is 12.2. The first-order valence-corrected chi connectivity index (χ1v) is 10.7. The van der Waals surface area contributed by atoms with Crippen molar-refractivity contribution in [2.24, 2.45) is 5.92 Å². The molecule has 1 nitrogen and oxygen atoms in total. The van der Waals surface area contributed by atoms with Gasteiger partial charge in [0.15, 0.2) is 0 Å². The van der Waals surface area contributed by atoms with Crippen LogP contribution in [0.15, 0.2) is 24.3 Å². The summed E-state index contributed by atoms with van der Waals surface area (Å²) in [6, 6.07) is 7.27. The number of hydrogen-bond donors (Lipinski definition) is 0. The number of alkyl halides is 2. The van der Waals surface area contributed by atoms with Crippen molar-refractivity contribution in [2.75, 3.05) is 0 Å². The highest BCUT2D eigenvalue weighted by atomic mass is 19.3. The molecule has 0 unspecified atom stereocenters. The Balaban J connectivity index is 1.57. The summed E-state index contributed by atoms with van der Waals surface area (Å²) in [4.78, 5) is 0. The van der Waals surface area contributed by atoms with Crippen LogP contribution in [0.2, 0.25) is 0 Å². The highest BCUT2D eigenvalue weighted by molar-refractivity contribution is 5.29. The molecule has 1 aromatic rings. The average molecular weight is 367 g/mol. The highest BCUT2D eigenvalue weighted by Crippen LogP contribution is 2.38. The largest absolute Gasteiger partial charge is 0.435 e. The molecule has 0 aromatic heterocycles. The SMILES string of the molecule is CCCCCCCCCC[C@H]1CC[C@H](c2ccc(OC(F)F)cc2)CC1. The zero-order chi connectivity index (χ0) is 18.6. The van der Waals surface area contributed by atoms with Crippen LogP contribution in [-0.4, -0.2) is 6.61 Å². The van der Waals surface area contributed by atoms with E-state index in [0.29, 0.717) is 5.92 Å². The van der Waals surface area contributed by atoms with Gasteiger partial charge in [0.25, 0.3) is 0 Å². The monoisotopic (exact) mass is 366 g/mol. The minimum Gasteiger partial charge on any atom is -0.435 e. The van der Waals surface area contributed by atoms with Crippen LogP contribution in [0.1, 0.15) is 102 Å². The molecule has 148 valence electrons. The standard InChI is InChI=1S/C23H36F2O/c1-2-3-4-5-6-7-8-9-10-19-11-13-20(14-12-19)21-15-17-22(18-16-21)26-23(24)25/h15-20,23H,2-14H2,1H3/t19-,20-. The summed E-state index contributed by atoms with van der Waals surface area (Å²) >= 11 is 0. The van der Waals surface area contributed by atoms with Crippen LogP contribution in [0.3, 0.4) is 0 Å². The summed E-state index contributed by atoms with van der Waals surface area (Å²) in [5, 5.41) is 0. The molecular weight excluding hydrogens is 330 g/mol. The number of unbranched alkanes of at least 4 members (excludes halogenated alkanes) is 7. The maximum Gasteiger partial charge on any atom is 0.387 e. The molecule has 1 aliphatic carbocycles. The van der Waals surface area contributed by atoms with Crippen molar-refractivity contribution >= 4 is 0 Å². The van der Waals surface area contributed by atoms with Crippen molar-refractivity contribution in [2.45, 2.75) is 103 Å². The lowest BCUT2D eigenvalue weighted by molar-refractivity contribution is -0.0498. The second-order valence-corrected chi connectivity index (χ2v) is 7.93. The van der Waals surface area contributed by atoms with Gasteiger partial charge in [-0.1, -0.05) is 76.8 Å². The molecule has 2 rings (SSSR count). The molecule has 3 heteroatoms. The van der Waals surface area contributed by atoms with E-state index in [4.69, 9.17) is 0 Å².